The minimum absolute atomic E-state index is 0.0127. The average molecular weight is 548 g/mol. The minimum atomic E-state index is -0.841. The van der Waals surface area contributed by atoms with E-state index in [1.54, 1.807) is 42.5 Å². The van der Waals surface area contributed by atoms with Crippen molar-refractivity contribution in [3.63, 3.8) is 0 Å². The van der Waals surface area contributed by atoms with Crippen LogP contribution in [-0.2, 0) is 14.3 Å². The third-order valence-electron chi connectivity index (χ3n) is 6.05. The number of aliphatic hydroxyl groups is 1. The van der Waals surface area contributed by atoms with Crippen molar-refractivity contribution in [3.8, 4) is 0 Å². The number of esters is 1. The maximum atomic E-state index is 13.3. The molecule has 6 nitrogen and oxygen atoms in total. The lowest BCUT2D eigenvalue weighted by molar-refractivity contribution is -0.132. The average Bonchev–Trinajstić information content (AvgIpc) is 3.14. The molecule has 1 N–H and O–H groups in total. The number of nitrogens with zero attached hydrogens (tertiary/aromatic N) is 1. The second-order valence-corrected chi connectivity index (χ2v) is 9.58. The lowest BCUT2D eigenvalue weighted by atomic mass is 9.94. The number of aliphatic hydroxyl groups excluding tert-OH is 1. The molecule has 0 bridgehead atoms. The van der Waals surface area contributed by atoms with Crippen LogP contribution in [0.15, 0.2) is 76.8 Å². The third kappa shape index (κ3) is 4.84. The molecule has 0 spiro atoms. The van der Waals surface area contributed by atoms with Crippen molar-refractivity contribution in [1.82, 2.24) is 0 Å². The zero-order valence-electron chi connectivity index (χ0n) is 20.2. The summed E-state index contributed by atoms with van der Waals surface area (Å²) in [6.07, 6.45) is 0.711. The quantitative estimate of drug-likeness (QED) is 0.170. The number of benzene rings is 3. The van der Waals surface area contributed by atoms with Crippen molar-refractivity contribution in [1.29, 1.82) is 0 Å². The third-order valence-corrected chi connectivity index (χ3v) is 6.94. The molecular weight excluding hydrogens is 522 g/mol. The van der Waals surface area contributed by atoms with Gasteiger partial charge in [-0.05, 0) is 67.8 Å². The highest BCUT2D eigenvalue weighted by Gasteiger charge is 2.47. The zero-order chi connectivity index (χ0) is 26.0. The van der Waals surface area contributed by atoms with E-state index in [4.69, 9.17) is 4.74 Å². The number of amides is 1. The predicted octanol–water partition coefficient (Wildman–Crippen LogP) is 6.26. The normalized spacial score (nSPS) is 16.9. The van der Waals surface area contributed by atoms with E-state index in [1.165, 1.54) is 4.90 Å². The van der Waals surface area contributed by atoms with Crippen LogP contribution in [0.25, 0.3) is 5.76 Å². The van der Waals surface area contributed by atoms with Gasteiger partial charge in [0.05, 0.1) is 23.8 Å². The number of carbonyl (C=O) groups is 3. The molecule has 1 unspecified atom stereocenters. The number of Topliss-reactive ketones (excluding diaryl/α,β-unsaturated/α-hetero) is 1. The summed E-state index contributed by atoms with van der Waals surface area (Å²) in [5.41, 5.74) is 3.76. The Morgan fingerprint density at radius 2 is 1.69 bits per heavy atom. The SMILES string of the molecule is CCCOC(=O)c1ccc(N2C(=O)C(=O)/C(=C(\O)c3ccc(Br)c(C)c3)C2c2cccc(C)c2)cc1. The van der Waals surface area contributed by atoms with Crippen molar-refractivity contribution in [2.45, 2.75) is 33.2 Å². The Balaban J connectivity index is 1.84. The van der Waals surface area contributed by atoms with Crippen LogP contribution in [0.4, 0.5) is 5.69 Å². The Morgan fingerprint density at radius 3 is 2.33 bits per heavy atom. The summed E-state index contributed by atoms with van der Waals surface area (Å²) < 4.78 is 6.05. The van der Waals surface area contributed by atoms with Crippen LogP contribution in [0, 0.1) is 13.8 Å². The van der Waals surface area contributed by atoms with Crippen LogP contribution in [0.3, 0.4) is 0 Å². The van der Waals surface area contributed by atoms with Crippen molar-refractivity contribution < 1.29 is 24.2 Å². The molecule has 7 heteroatoms. The van der Waals surface area contributed by atoms with Crippen LogP contribution in [-0.4, -0.2) is 29.4 Å². The van der Waals surface area contributed by atoms with E-state index in [9.17, 15) is 19.5 Å². The van der Waals surface area contributed by atoms with E-state index in [-0.39, 0.29) is 11.3 Å². The molecule has 1 fully saturated rings. The smallest absolute Gasteiger partial charge is 0.338 e. The fourth-order valence-corrected chi connectivity index (χ4v) is 4.48. The van der Waals surface area contributed by atoms with E-state index in [0.29, 0.717) is 35.4 Å². The molecule has 184 valence electrons. The summed E-state index contributed by atoms with van der Waals surface area (Å²) in [6.45, 7) is 6.03. The zero-order valence-corrected chi connectivity index (χ0v) is 21.8. The first-order valence-corrected chi connectivity index (χ1v) is 12.4. The number of anilines is 1. The molecule has 3 aromatic rings. The standard InChI is InChI=1S/C29H26BrNO5/c1-4-14-36-29(35)19-8-11-22(12-9-19)31-25(20-7-5-6-17(2)15-20)24(27(33)28(31)34)26(32)21-10-13-23(30)18(3)16-21/h5-13,15-16,25,32H,4,14H2,1-3H3/b26-24-. The molecule has 36 heavy (non-hydrogen) atoms. The summed E-state index contributed by atoms with van der Waals surface area (Å²) in [6, 6.07) is 18.3. The highest BCUT2D eigenvalue weighted by molar-refractivity contribution is 9.10. The van der Waals surface area contributed by atoms with Gasteiger partial charge in [-0.15, -0.1) is 0 Å². The predicted molar refractivity (Wildman–Crippen MR) is 142 cm³/mol. The maximum absolute atomic E-state index is 13.3. The van der Waals surface area contributed by atoms with Crippen molar-refractivity contribution in [2.24, 2.45) is 0 Å². The van der Waals surface area contributed by atoms with Gasteiger partial charge in [-0.25, -0.2) is 4.79 Å². The largest absolute Gasteiger partial charge is 0.507 e. The summed E-state index contributed by atoms with van der Waals surface area (Å²) in [4.78, 5) is 40.3. The molecule has 1 amide bonds. The number of halogens is 1. The molecule has 1 aliphatic rings. The molecule has 0 radical (unpaired) electrons. The molecule has 1 aliphatic heterocycles. The summed E-state index contributed by atoms with van der Waals surface area (Å²) in [5, 5.41) is 11.3. The lowest BCUT2D eigenvalue weighted by Crippen LogP contribution is -2.29. The maximum Gasteiger partial charge on any atom is 0.338 e. The molecule has 0 saturated carbocycles. The van der Waals surface area contributed by atoms with E-state index >= 15 is 0 Å². The van der Waals surface area contributed by atoms with Crippen LogP contribution in [0.2, 0.25) is 0 Å². The van der Waals surface area contributed by atoms with Gasteiger partial charge in [0.25, 0.3) is 11.7 Å². The molecule has 1 atom stereocenters. The number of hydrogen-bond donors (Lipinski definition) is 1. The van der Waals surface area contributed by atoms with E-state index < -0.39 is 23.7 Å². The summed E-state index contributed by atoms with van der Waals surface area (Å²) >= 11 is 3.45. The Morgan fingerprint density at radius 1 is 1.00 bits per heavy atom. The van der Waals surface area contributed by atoms with Crippen LogP contribution < -0.4 is 4.90 Å². The molecular formula is C29H26BrNO5. The topological polar surface area (TPSA) is 83.9 Å². The number of hydrogen-bond acceptors (Lipinski definition) is 5. The van der Waals surface area contributed by atoms with Crippen molar-refractivity contribution in [3.05, 3.63) is 105 Å². The number of ether oxygens (including phenoxy) is 1. The number of ketones is 1. The highest BCUT2D eigenvalue weighted by Crippen LogP contribution is 2.42. The molecule has 4 rings (SSSR count). The Hall–Kier alpha value is -3.71. The van der Waals surface area contributed by atoms with Crippen LogP contribution in [0.5, 0.6) is 0 Å². The molecule has 1 heterocycles. The van der Waals surface area contributed by atoms with Crippen LogP contribution >= 0.6 is 15.9 Å². The molecule has 0 aliphatic carbocycles. The molecule has 1 saturated heterocycles. The minimum Gasteiger partial charge on any atom is -0.507 e. The van der Waals surface area contributed by atoms with Gasteiger partial charge in [-0.3, -0.25) is 14.5 Å². The lowest BCUT2D eigenvalue weighted by Gasteiger charge is -2.26. The molecule has 0 aromatic heterocycles. The van der Waals surface area contributed by atoms with Crippen molar-refractivity contribution >= 4 is 45.0 Å². The van der Waals surface area contributed by atoms with E-state index in [2.05, 4.69) is 15.9 Å². The second-order valence-electron chi connectivity index (χ2n) is 8.73. The monoisotopic (exact) mass is 547 g/mol. The van der Waals surface area contributed by atoms with Crippen LogP contribution in [0.1, 0.15) is 52.0 Å². The van der Waals surface area contributed by atoms with E-state index in [0.717, 1.165) is 15.6 Å². The Bertz CT molecular complexity index is 1380. The number of aryl methyl sites for hydroxylation is 2. The van der Waals surface area contributed by atoms with Gasteiger partial charge in [0.2, 0.25) is 0 Å². The van der Waals surface area contributed by atoms with Gasteiger partial charge < -0.3 is 9.84 Å². The first-order valence-electron chi connectivity index (χ1n) is 11.6. The second kappa shape index (κ2) is 10.5. The fraction of sp³-hybridized carbons (Fsp3) is 0.207. The van der Waals surface area contributed by atoms with Gasteiger partial charge in [0, 0.05) is 15.7 Å². The van der Waals surface area contributed by atoms with Crippen molar-refractivity contribution in [2.75, 3.05) is 11.5 Å². The fourth-order valence-electron chi connectivity index (χ4n) is 4.24. The molecule has 3 aromatic carbocycles. The first kappa shape index (κ1) is 25.4. The van der Waals surface area contributed by atoms with E-state index in [1.807, 2.05) is 45.0 Å². The Kier molecular flexibility index (Phi) is 7.40. The van der Waals surface area contributed by atoms with Gasteiger partial charge in [0.15, 0.2) is 0 Å². The van der Waals surface area contributed by atoms with Gasteiger partial charge >= 0.3 is 5.97 Å². The summed E-state index contributed by atoms with van der Waals surface area (Å²) in [7, 11) is 0. The highest BCUT2D eigenvalue weighted by atomic mass is 79.9. The van der Waals surface area contributed by atoms with Gasteiger partial charge in [-0.2, -0.15) is 0 Å². The number of rotatable bonds is 6. The number of carbonyl (C=O) groups excluding carboxylic acids is 3. The van der Waals surface area contributed by atoms with Gasteiger partial charge in [0.1, 0.15) is 5.76 Å². The van der Waals surface area contributed by atoms with Gasteiger partial charge in [-0.1, -0.05) is 58.7 Å². The Labute approximate surface area is 218 Å². The first-order chi connectivity index (χ1) is 17.2. The summed E-state index contributed by atoms with van der Waals surface area (Å²) in [5.74, 6) is -2.21.